The molecule has 0 radical (unpaired) electrons. The van der Waals surface area contributed by atoms with Gasteiger partial charge in [0.2, 0.25) is 0 Å². The van der Waals surface area contributed by atoms with Crippen molar-refractivity contribution in [3.05, 3.63) is 36.5 Å². The van der Waals surface area contributed by atoms with Crippen molar-refractivity contribution in [3.63, 3.8) is 0 Å². The summed E-state index contributed by atoms with van der Waals surface area (Å²) >= 11 is 0. The summed E-state index contributed by atoms with van der Waals surface area (Å²) < 4.78 is 32.2. The van der Waals surface area contributed by atoms with E-state index in [0.717, 1.165) is 4.90 Å². The van der Waals surface area contributed by atoms with E-state index in [-0.39, 0.29) is 6.42 Å². The average Bonchev–Trinajstić information content (AvgIpc) is 2.50. The van der Waals surface area contributed by atoms with E-state index >= 15 is 0 Å². The molecule has 0 atom stereocenters. The van der Waals surface area contributed by atoms with E-state index in [1.165, 1.54) is 13.3 Å². The van der Waals surface area contributed by atoms with Crippen molar-refractivity contribution in [1.29, 1.82) is 0 Å². The molecule has 1 amide bonds. The van der Waals surface area contributed by atoms with Crippen molar-refractivity contribution in [2.75, 3.05) is 12.0 Å². The number of nitrogens with zero attached hydrogens (tertiary/aromatic N) is 1. The molecule has 0 saturated carbocycles. The second-order valence-corrected chi connectivity index (χ2v) is 3.97. The quantitative estimate of drug-likeness (QED) is 0.811. The van der Waals surface area contributed by atoms with Gasteiger partial charge in [-0.2, -0.15) is 8.78 Å². The van der Waals surface area contributed by atoms with Crippen LogP contribution in [0.5, 0.6) is 5.75 Å². The number of halogens is 2. The standard InChI is InChI=1S/C13H13F2NO2/c1-18-11-7-3-2-6-10(11)16-9-5-4-8-13(14,15)12(16)17/h2-3,5-7,9H,4,8H2,1H3. The maximum Gasteiger partial charge on any atom is 0.325 e. The van der Waals surface area contributed by atoms with Crippen LogP contribution in [0, 0.1) is 0 Å². The summed E-state index contributed by atoms with van der Waals surface area (Å²) in [5.41, 5.74) is 0.322. The summed E-state index contributed by atoms with van der Waals surface area (Å²) in [6.45, 7) is 0. The number of amides is 1. The molecule has 3 nitrogen and oxygen atoms in total. The fourth-order valence-corrected chi connectivity index (χ4v) is 1.81. The van der Waals surface area contributed by atoms with Gasteiger partial charge in [-0.1, -0.05) is 18.2 Å². The third-order valence-corrected chi connectivity index (χ3v) is 2.76. The number of benzene rings is 1. The van der Waals surface area contributed by atoms with Crippen molar-refractivity contribution in [3.8, 4) is 5.75 Å². The fourth-order valence-electron chi connectivity index (χ4n) is 1.81. The SMILES string of the molecule is COc1ccccc1N1C=CCCC(F)(F)C1=O. The van der Waals surface area contributed by atoms with Gasteiger partial charge in [-0.3, -0.25) is 9.69 Å². The number of alkyl halides is 2. The third kappa shape index (κ3) is 2.20. The zero-order valence-electron chi connectivity index (χ0n) is 9.90. The fraction of sp³-hybridized carbons (Fsp3) is 0.308. The lowest BCUT2D eigenvalue weighted by atomic mass is 10.2. The monoisotopic (exact) mass is 253 g/mol. The molecule has 2 rings (SSSR count). The van der Waals surface area contributed by atoms with E-state index in [9.17, 15) is 13.6 Å². The number of allylic oxidation sites excluding steroid dienone is 1. The lowest BCUT2D eigenvalue weighted by Gasteiger charge is -2.23. The first-order valence-corrected chi connectivity index (χ1v) is 5.57. The first kappa shape index (κ1) is 12.5. The summed E-state index contributed by atoms with van der Waals surface area (Å²) in [6.07, 6.45) is 2.64. The first-order chi connectivity index (χ1) is 8.56. The van der Waals surface area contributed by atoms with Gasteiger partial charge in [0.15, 0.2) is 0 Å². The van der Waals surface area contributed by atoms with Gasteiger partial charge < -0.3 is 4.74 Å². The van der Waals surface area contributed by atoms with Crippen LogP contribution in [0.4, 0.5) is 14.5 Å². The van der Waals surface area contributed by atoms with Crippen molar-refractivity contribution in [2.24, 2.45) is 0 Å². The Bertz CT molecular complexity index is 486. The van der Waals surface area contributed by atoms with Crippen LogP contribution in [0.1, 0.15) is 12.8 Å². The van der Waals surface area contributed by atoms with Crippen LogP contribution < -0.4 is 9.64 Å². The summed E-state index contributed by atoms with van der Waals surface area (Å²) in [6, 6.07) is 6.58. The Morgan fingerprint density at radius 2 is 2.06 bits per heavy atom. The molecule has 0 bridgehead atoms. The molecule has 0 spiro atoms. The average molecular weight is 253 g/mol. The van der Waals surface area contributed by atoms with Gasteiger partial charge in [0.1, 0.15) is 5.75 Å². The van der Waals surface area contributed by atoms with Crippen LogP contribution in [0.3, 0.4) is 0 Å². The summed E-state index contributed by atoms with van der Waals surface area (Å²) in [4.78, 5) is 12.8. The van der Waals surface area contributed by atoms with Crippen molar-refractivity contribution >= 4 is 11.6 Å². The number of rotatable bonds is 2. The molecule has 1 aliphatic rings. The zero-order valence-corrected chi connectivity index (χ0v) is 9.90. The zero-order chi connectivity index (χ0) is 13.2. The normalized spacial score (nSPS) is 18.6. The van der Waals surface area contributed by atoms with E-state index in [1.54, 1.807) is 30.3 Å². The highest BCUT2D eigenvalue weighted by molar-refractivity contribution is 6.01. The number of para-hydroxylation sites is 2. The summed E-state index contributed by atoms with van der Waals surface area (Å²) in [5.74, 6) is -4.18. The predicted molar refractivity (Wildman–Crippen MR) is 63.8 cm³/mol. The Hall–Kier alpha value is -1.91. The molecule has 1 aliphatic heterocycles. The molecule has 1 aromatic rings. The maximum absolute atomic E-state index is 13.6. The predicted octanol–water partition coefficient (Wildman–Crippen LogP) is 2.97. The molecule has 18 heavy (non-hydrogen) atoms. The Morgan fingerprint density at radius 3 is 2.78 bits per heavy atom. The van der Waals surface area contributed by atoms with E-state index in [4.69, 9.17) is 4.74 Å². The van der Waals surface area contributed by atoms with Crippen LogP contribution >= 0.6 is 0 Å². The van der Waals surface area contributed by atoms with E-state index in [2.05, 4.69) is 0 Å². The van der Waals surface area contributed by atoms with Gasteiger partial charge in [0.25, 0.3) is 0 Å². The molecule has 96 valence electrons. The summed E-state index contributed by atoms with van der Waals surface area (Å²) in [7, 11) is 1.43. The Labute approximate surface area is 104 Å². The number of ether oxygens (including phenoxy) is 1. The smallest absolute Gasteiger partial charge is 0.325 e. The molecule has 0 fully saturated rings. The number of hydrogen-bond acceptors (Lipinski definition) is 2. The van der Waals surface area contributed by atoms with E-state index in [0.29, 0.717) is 11.4 Å². The van der Waals surface area contributed by atoms with Crippen LogP contribution in [0.2, 0.25) is 0 Å². The van der Waals surface area contributed by atoms with Crippen LogP contribution in [0.15, 0.2) is 36.5 Å². The van der Waals surface area contributed by atoms with Crippen molar-refractivity contribution in [1.82, 2.24) is 0 Å². The molecule has 0 unspecified atom stereocenters. The van der Waals surface area contributed by atoms with Gasteiger partial charge in [0.05, 0.1) is 12.8 Å². The molecule has 0 aliphatic carbocycles. The lowest BCUT2D eigenvalue weighted by molar-refractivity contribution is -0.142. The molecular weight excluding hydrogens is 240 g/mol. The highest BCUT2D eigenvalue weighted by atomic mass is 19.3. The molecule has 0 saturated heterocycles. The topological polar surface area (TPSA) is 29.5 Å². The van der Waals surface area contributed by atoms with Crippen LogP contribution in [-0.2, 0) is 4.79 Å². The Kier molecular flexibility index (Phi) is 3.32. The van der Waals surface area contributed by atoms with Gasteiger partial charge in [-0.05, 0) is 18.6 Å². The molecule has 5 heteroatoms. The number of carbonyl (C=O) groups is 1. The van der Waals surface area contributed by atoms with Gasteiger partial charge >= 0.3 is 11.8 Å². The van der Waals surface area contributed by atoms with E-state index < -0.39 is 18.3 Å². The van der Waals surface area contributed by atoms with Gasteiger partial charge in [0, 0.05) is 12.6 Å². The first-order valence-electron chi connectivity index (χ1n) is 5.57. The van der Waals surface area contributed by atoms with E-state index in [1.807, 2.05) is 0 Å². The lowest BCUT2D eigenvalue weighted by Crippen LogP contribution is -2.39. The Morgan fingerprint density at radius 1 is 1.33 bits per heavy atom. The minimum Gasteiger partial charge on any atom is -0.495 e. The number of hydrogen-bond donors (Lipinski definition) is 0. The van der Waals surface area contributed by atoms with Gasteiger partial charge in [-0.15, -0.1) is 0 Å². The minimum atomic E-state index is -3.34. The third-order valence-electron chi connectivity index (χ3n) is 2.76. The highest BCUT2D eigenvalue weighted by Gasteiger charge is 2.43. The summed E-state index contributed by atoms with van der Waals surface area (Å²) in [5, 5.41) is 0. The Balaban J connectivity index is 2.44. The number of carbonyl (C=O) groups excluding carboxylic acids is 1. The highest BCUT2D eigenvalue weighted by Crippen LogP contribution is 2.34. The molecule has 1 heterocycles. The van der Waals surface area contributed by atoms with Crippen LogP contribution in [0.25, 0.3) is 0 Å². The maximum atomic E-state index is 13.6. The molecular formula is C13H13F2NO2. The number of anilines is 1. The molecule has 0 N–H and O–H groups in total. The van der Waals surface area contributed by atoms with Crippen molar-refractivity contribution < 1.29 is 18.3 Å². The van der Waals surface area contributed by atoms with Gasteiger partial charge in [-0.25, -0.2) is 0 Å². The largest absolute Gasteiger partial charge is 0.495 e. The second kappa shape index (κ2) is 4.76. The molecule has 1 aromatic carbocycles. The van der Waals surface area contributed by atoms with Crippen LogP contribution in [-0.4, -0.2) is 18.9 Å². The minimum absolute atomic E-state index is 0.171. The second-order valence-electron chi connectivity index (χ2n) is 3.97. The van der Waals surface area contributed by atoms with Crippen molar-refractivity contribution in [2.45, 2.75) is 18.8 Å². The molecule has 0 aromatic heterocycles. The number of methoxy groups -OCH3 is 1.